The van der Waals surface area contributed by atoms with Gasteiger partial charge in [0.25, 0.3) is 0 Å². The Morgan fingerprint density at radius 1 is 0.429 bits per heavy atom. The maximum Gasteiger partial charge on any atom is 0.249 e. The fourth-order valence-electron chi connectivity index (χ4n) is 7.99. The van der Waals surface area contributed by atoms with Gasteiger partial charge in [-0.15, -0.1) is 0 Å². The van der Waals surface area contributed by atoms with E-state index in [-0.39, 0.29) is 0 Å². The van der Waals surface area contributed by atoms with Crippen molar-refractivity contribution in [1.29, 1.82) is 0 Å². The number of carbonyl (C=O) groups excluding carboxylic acids is 1. The third-order valence-corrected chi connectivity index (χ3v) is 12.0. The molecule has 0 aromatic heterocycles. The number of carbonyl (C=O) groups is 1. The van der Waals surface area contributed by atoms with Gasteiger partial charge in [-0.2, -0.15) is 0 Å². The van der Waals surface area contributed by atoms with Crippen LogP contribution in [-0.2, 0) is 4.79 Å². The van der Waals surface area contributed by atoms with Crippen molar-refractivity contribution in [2.75, 3.05) is 6.61 Å². The van der Waals surface area contributed by atoms with E-state index in [9.17, 15) is 25.2 Å². The molecule has 4 atom stereocenters. The number of aliphatic hydroxyl groups excluding tert-OH is 4. The number of nitrogens with one attached hydrogen (secondary N) is 1. The van der Waals surface area contributed by atoms with Crippen molar-refractivity contribution in [2.24, 2.45) is 0 Å². The molecule has 6 nitrogen and oxygen atoms in total. The zero-order valence-corrected chi connectivity index (χ0v) is 37.7. The van der Waals surface area contributed by atoms with E-state index < -0.39 is 36.9 Å². The average Bonchev–Trinajstić information content (AvgIpc) is 3.20. The first kappa shape index (κ1) is 55.0. The Kier molecular flexibility index (Phi) is 44.4. The number of hydrogen-bond acceptors (Lipinski definition) is 5. The van der Waals surface area contributed by atoms with E-state index in [1.54, 1.807) is 0 Å². The molecule has 6 heteroatoms. The van der Waals surface area contributed by atoms with Crippen molar-refractivity contribution < 1.29 is 25.2 Å². The van der Waals surface area contributed by atoms with Crippen LogP contribution in [-0.4, -0.2) is 57.3 Å². The number of hydrogen-bond donors (Lipinski definition) is 5. The zero-order chi connectivity index (χ0) is 41.0. The molecule has 0 bridgehead atoms. The molecule has 0 fully saturated rings. The van der Waals surface area contributed by atoms with E-state index in [4.69, 9.17) is 0 Å². The predicted octanol–water partition coefficient (Wildman–Crippen LogP) is 13.7. The van der Waals surface area contributed by atoms with Gasteiger partial charge in [0.15, 0.2) is 0 Å². The molecule has 1 amide bonds. The molecule has 0 aromatic carbocycles. The fourth-order valence-corrected chi connectivity index (χ4v) is 7.99. The second-order valence-corrected chi connectivity index (χ2v) is 17.5. The molecule has 4 unspecified atom stereocenters. The lowest BCUT2D eigenvalue weighted by Crippen LogP contribution is -2.53. The molecule has 5 N–H and O–H groups in total. The van der Waals surface area contributed by atoms with Gasteiger partial charge in [0.05, 0.1) is 18.8 Å². The highest BCUT2D eigenvalue weighted by Gasteiger charge is 2.28. The fraction of sp³-hybridized carbons (Fsp3) is 0.940. The molecule has 0 heterocycles. The smallest absolute Gasteiger partial charge is 0.249 e. The first-order chi connectivity index (χ1) is 27.5. The molecule has 0 aliphatic carbocycles. The average molecular weight is 794 g/mol. The normalized spacial score (nSPS) is 14.0. The van der Waals surface area contributed by atoms with Crippen LogP contribution in [0.1, 0.15) is 271 Å². The minimum Gasteiger partial charge on any atom is -0.394 e. The second kappa shape index (κ2) is 45.1. The minimum atomic E-state index is -1.28. The number of unbranched alkanes of at least 4 members (excludes halogenated alkanes) is 35. The summed E-state index contributed by atoms with van der Waals surface area (Å²) in [4.78, 5) is 12.5. The predicted molar refractivity (Wildman–Crippen MR) is 242 cm³/mol. The van der Waals surface area contributed by atoms with Gasteiger partial charge in [-0.3, -0.25) is 4.79 Å². The summed E-state index contributed by atoms with van der Waals surface area (Å²) in [5.74, 6) is -0.589. The SMILES string of the molecule is CCCCCCCCCCC/C=C/CCCC(O)C(O)C(CO)NC(=O)C(O)CCCCCCCCCCCCCCCCCCCCCCCCCCCC. The molecule has 0 spiro atoms. The molecule has 0 aliphatic rings. The van der Waals surface area contributed by atoms with Gasteiger partial charge in [0, 0.05) is 0 Å². The summed E-state index contributed by atoms with van der Waals surface area (Å²) < 4.78 is 0. The Labute approximate surface area is 349 Å². The monoisotopic (exact) mass is 794 g/mol. The molecular weight excluding hydrogens is 695 g/mol. The summed E-state index contributed by atoms with van der Waals surface area (Å²) in [6.07, 6.45) is 51.3. The molecule has 56 heavy (non-hydrogen) atoms. The van der Waals surface area contributed by atoms with Crippen molar-refractivity contribution in [3.05, 3.63) is 12.2 Å². The van der Waals surface area contributed by atoms with Gasteiger partial charge < -0.3 is 25.7 Å². The molecule has 0 rings (SSSR count). The van der Waals surface area contributed by atoms with Crippen molar-refractivity contribution in [3.63, 3.8) is 0 Å². The first-order valence-electron chi connectivity index (χ1n) is 25.1. The Balaban J connectivity index is 3.62. The summed E-state index contributed by atoms with van der Waals surface area (Å²) >= 11 is 0. The van der Waals surface area contributed by atoms with Gasteiger partial charge in [0.1, 0.15) is 12.2 Å². The molecule has 0 saturated carbocycles. The van der Waals surface area contributed by atoms with Crippen LogP contribution in [0.15, 0.2) is 12.2 Å². The summed E-state index contributed by atoms with van der Waals surface area (Å²) in [5.41, 5.74) is 0. The number of rotatable bonds is 46. The van der Waals surface area contributed by atoms with Crippen LogP contribution < -0.4 is 5.32 Å². The highest BCUT2D eigenvalue weighted by molar-refractivity contribution is 5.80. The lowest BCUT2D eigenvalue weighted by molar-refractivity contribution is -0.132. The lowest BCUT2D eigenvalue weighted by Gasteiger charge is -2.27. The lowest BCUT2D eigenvalue weighted by atomic mass is 10.00. The van der Waals surface area contributed by atoms with Crippen molar-refractivity contribution in [2.45, 2.75) is 295 Å². The van der Waals surface area contributed by atoms with E-state index in [0.29, 0.717) is 12.8 Å². The van der Waals surface area contributed by atoms with Crippen molar-refractivity contribution in [1.82, 2.24) is 5.32 Å². The quantitative estimate of drug-likeness (QED) is 0.0311. The molecule has 0 radical (unpaired) electrons. The standard InChI is InChI=1S/C50H99NO5/c1-3-5-7-9-11-13-15-17-19-20-21-22-23-24-25-26-27-28-29-30-32-34-36-38-40-42-44-48(54)50(56)51-46(45-52)49(55)47(53)43-41-39-37-35-33-31-18-16-14-12-10-8-6-4-2/h35,37,46-49,52-55H,3-34,36,38-45H2,1-2H3,(H,51,56)/b37-35+. The van der Waals surface area contributed by atoms with Crippen LogP contribution in [0.4, 0.5) is 0 Å². The van der Waals surface area contributed by atoms with Crippen LogP contribution in [0.3, 0.4) is 0 Å². The van der Waals surface area contributed by atoms with Gasteiger partial charge in [-0.05, 0) is 38.5 Å². The van der Waals surface area contributed by atoms with E-state index in [0.717, 1.165) is 38.5 Å². The summed E-state index contributed by atoms with van der Waals surface area (Å²) in [5, 5.41) is 43.7. The topological polar surface area (TPSA) is 110 Å². The maximum absolute atomic E-state index is 12.5. The molecular formula is C50H99NO5. The highest BCUT2D eigenvalue weighted by atomic mass is 16.3. The van der Waals surface area contributed by atoms with E-state index in [1.165, 1.54) is 205 Å². The Morgan fingerprint density at radius 3 is 1.07 bits per heavy atom. The van der Waals surface area contributed by atoms with E-state index in [2.05, 4.69) is 31.3 Å². The van der Waals surface area contributed by atoms with Gasteiger partial charge >= 0.3 is 0 Å². The molecule has 334 valence electrons. The zero-order valence-electron chi connectivity index (χ0n) is 37.7. The van der Waals surface area contributed by atoms with E-state index in [1.807, 2.05) is 0 Å². The van der Waals surface area contributed by atoms with Gasteiger partial charge in [0.2, 0.25) is 5.91 Å². The largest absolute Gasteiger partial charge is 0.394 e. The number of aliphatic hydroxyl groups is 4. The Hall–Kier alpha value is -0.950. The van der Waals surface area contributed by atoms with Crippen LogP contribution in [0.25, 0.3) is 0 Å². The van der Waals surface area contributed by atoms with Crippen LogP contribution in [0.5, 0.6) is 0 Å². The van der Waals surface area contributed by atoms with Crippen molar-refractivity contribution >= 4 is 5.91 Å². The number of allylic oxidation sites excluding steroid dienone is 2. The van der Waals surface area contributed by atoms with Crippen LogP contribution >= 0.6 is 0 Å². The maximum atomic E-state index is 12.5. The third kappa shape index (κ3) is 38.6. The minimum absolute atomic E-state index is 0.368. The Bertz CT molecular complexity index is 806. The van der Waals surface area contributed by atoms with Crippen LogP contribution in [0, 0.1) is 0 Å². The van der Waals surface area contributed by atoms with Gasteiger partial charge in [-0.1, -0.05) is 244 Å². The van der Waals surface area contributed by atoms with E-state index >= 15 is 0 Å². The third-order valence-electron chi connectivity index (χ3n) is 12.0. The number of amides is 1. The summed E-state index contributed by atoms with van der Waals surface area (Å²) in [6.45, 7) is 4.06. The summed E-state index contributed by atoms with van der Waals surface area (Å²) in [7, 11) is 0. The van der Waals surface area contributed by atoms with Gasteiger partial charge in [-0.25, -0.2) is 0 Å². The second-order valence-electron chi connectivity index (χ2n) is 17.5. The Morgan fingerprint density at radius 2 is 0.732 bits per heavy atom. The highest BCUT2D eigenvalue weighted by Crippen LogP contribution is 2.17. The molecule has 0 aromatic rings. The van der Waals surface area contributed by atoms with Crippen molar-refractivity contribution in [3.8, 4) is 0 Å². The molecule has 0 saturated heterocycles. The summed E-state index contributed by atoms with van der Waals surface area (Å²) in [6, 6.07) is -0.997. The van der Waals surface area contributed by atoms with Crippen LogP contribution in [0.2, 0.25) is 0 Å². The molecule has 0 aliphatic heterocycles. The first-order valence-corrected chi connectivity index (χ1v) is 25.1.